The van der Waals surface area contributed by atoms with Crippen LogP contribution in [0, 0.1) is 5.92 Å². The van der Waals surface area contributed by atoms with E-state index in [-0.39, 0.29) is 18.3 Å². The fourth-order valence-electron chi connectivity index (χ4n) is 2.61. The third-order valence-electron chi connectivity index (χ3n) is 3.45. The van der Waals surface area contributed by atoms with Crippen molar-refractivity contribution in [3.63, 3.8) is 0 Å². The van der Waals surface area contributed by atoms with Crippen LogP contribution in [0.5, 0.6) is 0 Å². The maximum atomic E-state index is 5.99. The zero-order chi connectivity index (χ0) is 11.1. The quantitative estimate of drug-likeness (QED) is 0.706. The third kappa shape index (κ3) is 2.05. The smallest absolute Gasteiger partial charge is 0.163 e. The minimum Gasteiger partial charge on any atom is -0.375 e. The molecule has 4 atom stereocenters. The van der Waals surface area contributed by atoms with Gasteiger partial charge in [0.2, 0.25) is 0 Å². The van der Waals surface area contributed by atoms with E-state index in [9.17, 15) is 0 Å². The van der Waals surface area contributed by atoms with Crippen LogP contribution in [0.25, 0.3) is 0 Å². The molecule has 0 N–H and O–H groups in total. The van der Waals surface area contributed by atoms with E-state index in [2.05, 4.69) is 13.8 Å². The standard InChI is InChI=1S/C12H22O3/c1-5-8-7-13-9(6-2)11-10(8)14-12(3,4)15-11/h8-11H,5-7H2,1-4H3. The van der Waals surface area contributed by atoms with Crippen LogP contribution in [0.1, 0.15) is 40.5 Å². The molecule has 0 radical (unpaired) electrons. The molecule has 2 heterocycles. The van der Waals surface area contributed by atoms with Crippen molar-refractivity contribution in [2.45, 2.75) is 64.6 Å². The summed E-state index contributed by atoms with van der Waals surface area (Å²) in [6, 6.07) is 0. The van der Waals surface area contributed by atoms with Gasteiger partial charge >= 0.3 is 0 Å². The molecule has 0 aromatic carbocycles. The molecule has 2 aliphatic heterocycles. The Bertz CT molecular complexity index is 205. The summed E-state index contributed by atoms with van der Waals surface area (Å²) < 4.78 is 17.8. The lowest BCUT2D eigenvalue weighted by molar-refractivity contribution is -0.153. The number of fused-ring (bicyclic) bond motifs is 1. The van der Waals surface area contributed by atoms with E-state index in [1.54, 1.807) is 0 Å². The molecule has 88 valence electrons. The summed E-state index contributed by atoms with van der Waals surface area (Å²) in [6.07, 6.45) is 2.65. The van der Waals surface area contributed by atoms with Gasteiger partial charge in [0, 0.05) is 5.92 Å². The third-order valence-corrected chi connectivity index (χ3v) is 3.45. The molecule has 3 heteroatoms. The molecular formula is C12H22O3. The molecule has 2 fully saturated rings. The van der Waals surface area contributed by atoms with Crippen LogP contribution in [0.4, 0.5) is 0 Å². The molecule has 3 nitrogen and oxygen atoms in total. The van der Waals surface area contributed by atoms with Crippen molar-refractivity contribution in [2.24, 2.45) is 5.92 Å². The highest BCUT2D eigenvalue weighted by atomic mass is 16.8. The van der Waals surface area contributed by atoms with Gasteiger partial charge in [-0.1, -0.05) is 13.8 Å². The topological polar surface area (TPSA) is 27.7 Å². The highest BCUT2D eigenvalue weighted by Crippen LogP contribution is 2.39. The van der Waals surface area contributed by atoms with Gasteiger partial charge in [0.25, 0.3) is 0 Å². The lowest BCUT2D eigenvalue weighted by atomic mass is 9.90. The first-order chi connectivity index (χ1) is 7.07. The van der Waals surface area contributed by atoms with Crippen LogP contribution in [0.15, 0.2) is 0 Å². The fraction of sp³-hybridized carbons (Fsp3) is 1.00. The van der Waals surface area contributed by atoms with Gasteiger partial charge in [-0.25, -0.2) is 0 Å². The number of hydrogen-bond acceptors (Lipinski definition) is 3. The van der Waals surface area contributed by atoms with Crippen LogP contribution in [-0.4, -0.2) is 30.7 Å². The Hall–Kier alpha value is -0.120. The Morgan fingerprint density at radius 3 is 2.33 bits per heavy atom. The van der Waals surface area contributed by atoms with Crippen molar-refractivity contribution >= 4 is 0 Å². The molecule has 0 aromatic rings. The second-order valence-electron chi connectivity index (χ2n) is 5.01. The first-order valence-corrected chi connectivity index (χ1v) is 6.04. The average molecular weight is 214 g/mol. The molecule has 15 heavy (non-hydrogen) atoms. The predicted octanol–water partition coefficient (Wildman–Crippen LogP) is 2.34. The second kappa shape index (κ2) is 4.04. The maximum absolute atomic E-state index is 5.99. The molecule has 4 unspecified atom stereocenters. The Morgan fingerprint density at radius 1 is 1.07 bits per heavy atom. The molecular weight excluding hydrogens is 192 g/mol. The van der Waals surface area contributed by atoms with Crippen LogP contribution in [0.2, 0.25) is 0 Å². The summed E-state index contributed by atoms with van der Waals surface area (Å²) in [5, 5.41) is 0. The van der Waals surface area contributed by atoms with E-state index < -0.39 is 5.79 Å². The second-order valence-corrected chi connectivity index (χ2v) is 5.01. The Balaban J connectivity index is 2.14. The van der Waals surface area contributed by atoms with E-state index >= 15 is 0 Å². The number of ether oxygens (including phenoxy) is 3. The fourth-order valence-corrected chi connectivity index (χ4v) is 2.61. The van der Waals surface area contributed by atoms with Gasteiger partial charge in [0.05, 0.1) is 18.8 Å². The van der Waals surface area contributed by atoms with Crippen molar-refractivity contribution in [2.75, 3.05) is 6.61 Å². The van der Waals surface area contributed by atoms with Crippen molar-refractivity contribution in [1.82, 2.24) is 0 Å². The highest BCUT2D eigenvalue weighted by Gasteiger charge is 2.50. The first-order valence-electron chi connectivity index (χ1n) is 6.04. The summed E-state index contributed by atoms with van der Waals surface area (Å²) >= 11 is 0. The molecule has 2 rings (SSSR count). The molecule has 0 saturated carbocycles. The molecule has 0 amide bonds. The highest BCUT2D eigenvalue weighted by molar-refractivity contribution is 4.93. The maximum Gasteiger partial charge on any atom is 0.163 e. The lowest BCUT2D eigenvalue weighted by Gasteiger charge is -2.36. The van der Waals surface area contributed by atoms with E-state index in [0.29, 0.717) is 5.92 Å². The summed E-state index contributed by atoms with van der Waals surface area (Å²) in [6.45, 7) is 9.12. The Labute approximate surface area is 92.1 Å². The summed E-state index contributed by atoms with van der Waals surface area (Å²) in [5.41, 5.74) is 0. The molecule has 0 aromatic heterocycles. The zero-order valence-corrected chi connectivity index (χ0v) is 10.2. The zero-order valence-electron chi connectivity index (χ0n) is 10.2. The molecule has 2 saturated heterocycles. The van der Waals surface area contributed by atoms with Crippen molar-refractivity contribution in [1.29, 1.82) is 0 Å². The summed E-state index contributed by atoms with van der Waals surface area (Å²) in [5.74, 6) is 0.0451. The molecule has 0 bridgehead atoms. The average Bonchev–Trinajstić information content (AvgIpc) is 2.51. The molecule has 0 aliphatic carbocycles. The van der Waals surface area contributed by atoms with E-state index in [4.69, 9.17) is 14.2 Å². The molecule has 2 aliphatic rings. The van der Waals surface area contributed by atoms with Gasteiger partial charge in [-0.2, -0.15) is 0 Å². The van der Waals surface area contributed by atoms with E-state index in [0.717, 1.165) is 19.4 Å². The summed E-state index contributed by atoms with van der Waals surface area (Å²) in [4.78, 5) is 0. The Kier molecular flexibility index (Phi) is 3.06. The van der Waals surface area contributed by atoms with Crippen molar-refractivity contribution < 1.29 is 14.2 Å². The predicted molar refractivity (Wildman–Crippen MR) is 57.6 cm³/mol. The number of rotatable bonds is 2. The largest absolute Gasteiger partial charge is 0.375 e. The minimum atomic E-state index is -0.441. The van der Waals surface area contributed by atoms with Gasteiger partial charge in [-0.15, -0.1) is 0 Å². The van der Waals surface area contributed by atoms with Gasteiger partial charge in [0.1, 0.15) is 6.10 Å². The van der Waals surface area contributed by atoms with E-state index in [1.807, 2.05) is 13.8 Å². The van der Waals surface area contributed by atoms with Gasteiger partial charge < -0.3 is 14.2 Å². The minimum absolute atomic E-state index is 0.128. The van der Waals surface area contributed by atoms with Gasteiger partial charge in [-0.05, 0) is 26.7 Å². The van der Waals surface area contributed by atoms with Crippen LogP contribution in [0.3, 0.4) is 0 Å². The van der Waals surface area contributed by atoms with Gasteiger partial charge in [-0.3, -0.25) is 0 Å². The van der Waals surface area contributed by atoms with Crippen molar-refractivity contribution in [3.05, 3.63) is 0 Å². The monoisotopic (exact) mass is 214 g/mol. The Morgan fingerprint density at radius 2 is 1.73 bits per heavy atom. The SMILES string of the molecule is CCC1COC(CC)C2OC(C)(C)OC12. The van der Waals surface area contributed by atoms with E-state index in [1.165, 1.54) is 0 Å². The summed E-state index contributed by atoms with van der Waals surface area (Å²) in [7, 11) is 0. The normalized spacial score (nSPS) is 44.0. The van der Waals surface area contributed by atoms with Crippen molar-refractivity contribution in [3.8, 4) is 0 Å². The van der Waals surface area contributed by atoms with Gasteiger partial charge in [0.15, 0.2) is 5.79 Å². The van der Waals surface area contributed by atoms with Crippen LogP contribution in [-0.2, 0) is 14.2 Å². The van der Waals surface area contributed by atoms with Crippen LogP contribution >= 0.6 is 0 Å². The number of hydrogen-bond donors (Lipinski definition) is 0. The lowest BCUT2D eigenvalue weighted by Crippen LogP contribution is -2.47. The molecule has 0 spiro atoms. The first kappa shape index (κ1) is 11.4. The van der Waals surface area contributed by atoms with Crippen LogP contribution < -0.4 is 0 Å².